The van der Waals surface area contributed by atoms with Crippen LogP contribution < -0.4 is 0 Å². The fourth-order valence-electron chi connectivity index (χ4n) is 1.00. The van der Waals surface area contributed by atoms with Crippen molar-refractivity contribution >= 4 is 5.78 Å². The van der Waals surface area contributed by atoms with Crippen molar-refractivity contribution in [2.45, 2.75) is 33.7 Å². The van der Waals surface area contributed by atoms with E-state index in [-0.39, 0.29) is 5.78 Å². The Hall–Kier alpha value is -0.370. The number of rotatable bonds is 4. The van der Waals surface area contributed by atoms with Crippen molar-refractivity contribution in [1.82, 2.24) is 4.90 Å². The van der Waals surface area contributed by atoms with E-state index in [1.165, 1.54) is 0 Å². The Balaban J connectivity index is 3.82. The Bertz CT molecular complexity index is 132. The second kappa shape index (κ2) is 4.50. The fourth-order valence-corrected chi connectivity index (χ4v) is 1.00. The van der Waals surface area contributed by atoms with E-state index in [0.717, 1.165) is 0 Å². The molecule has 0 aromatic heterocycles. The highest BCUT2D eigenvalue weighted by Gasteiger charge is 2.13. The first-order chi connectivity index (χ1) is 4.95. The number of ketones is 1. The minimum atomic E-state index is 0.236. The minimum Gasteiger partial charge on any atom is -0.299 e. The maximum atomic E-state index is 10.7. The Morgan fingerprint density at radius 3 is 2.09 bits per heavy atom. The summed E-state index contributed by atoms with van der Waals surface area (Å²) in [6, 6.07) is 0.485. The van der Waals surface area contributed by atoms with Gasteiger partial charge in [-0.25, -0.2) is 0 Å². The molecule has 0 saturated carbocycles. The molecule has 0 amide bonds. The lowest BCUT2D eigenvalue weighted by atomic mass is 10.1. The van der Waals surface area contributed by atoms with Crippen LogP contribution in [0.5, 0.6) is 0 Å². The maximum Gasteiger partial charge on any atom is 0.143 e. The summed E-state index contributed by atoms with van der Waals surface area (Å²) in [6.45, 7) is 8.68. The standard InChI is InChI=1S/C9H19NO/c1-7(2)9(4)10(5)6-8(3)11/h7,9H,6H2,1-5H3. The van der Waals surface area contributed by atoms with Gasteiger partial charge in [-0.3, -0.25) is 9.69 Å². The predicted molar refractivity (Wildman–Crippen MR) is 47.6 cm³/mol. The molecule has 1 atom stereocenters. The van der Waals surface area contributed by atoms with Crippen molar-refractivity contribution in [2.75, 3.05) is 13.6 Å². The molecule has 1 unspecified atom stereocenters. The molecule has 0 N–H and O–H groups in total. The van der Waals surface area contributed by atoms with E-state index in [0.29, 0.717) is 18.5 Å². The summed E-state index contributed by atoms with van der Waals surface area (Å²) in [7, 11) is 1.99. The quantitative estimate of drug-likeness (QED) is 0.617. The monoisotopic (exact) mass is 157 g/mol. The zero-order chi connectivity index (χ0) is 9.02. The van der Waals surface area contributed by atoms with Gasteiger partial charge in [0.2, 0.25) is 0 Å². The van der Waals surface area contributed by atoms with Crippen LogP contribution >= 0.6 is 0 Å². The van der Waals surface area contributed by atoms with Crippen LogP contribution in [0.25, 0.3) is 0 Å². The highest BCUT2D eigenvalue weighted by Crippen LogP contribution is 2.06. The Morgan fingerprint density at radius 2 is 1.82 bits per heavy atom. The molecule has 66 valence electrons. The molecule has 0 heterocycles. The first kappa shape index (κ1) is 10.6. The third-order valence-electron chi connectivity index (χ3n) is 2.13. The summed E-state index contributed by atoms with van der Waals surface area (Å²) >= 11 is 0. The van der Waals surface area contributed by atoms with Crippen LogP contribution in [0.1, 0.15) is 27.7 Å². The molecule has 0 aliphatic rings. The molecule has 0 aliphatic carbocycles. The van der Waals surface area contributed by atoms with E-state index in [1.807, 2.05) is 7.05 Å². The molecule has 0 bridgehead atoms. The van der Waals surface area contributed by atoms with Crippen LogP contribution in [-0.2, 0) is 4.79 Å². The van der Waals surface area contributed by atoms with E-state index in [1.54, 1.807) is 6.92 Å². The second-order valence-corrected chi connectivity index (χ2v) is 3.60. The number of hydrogen-bond acceptors (Lipinski definition) is 2. The number of likely N-dealkylation sites (N-methyl/N-ethyl adjacent to an activating group) is 1. The van der Waals surface area contributed by atoms with Crippen LogP contribution in [0.2, 0.25) is 0 Å². The van der Waals surface area contributed by atoms with Gasteiger partial charge >= 0.3 is 0 Å². The zero-order valence-electron chi connectivity index (χ0n) is 8.22. The Morgan fingerprint density at radius 1 is 1.36 bits per heavy atom. The van der Waals surface area contributed by atoms with Crippen molar-refractivity contribution in [3.05, 3.63) is 0 Å². The van der Waals surface area contributed by atoms with Gasteiger partial charge < -0.3 is 0 Å². The summed E-state index contributed by atoms with van der Waals surface area (Å²) in [5.41, 5.74) is 0. The first-order valence-electron chi connectivity index (χ1n) is 4.14. The highest BCUT2D eigenvalue weighted by molar-refractivity contribution is 5.77. The van der Waals surface area contributed by atoms with Crippen LogP contribution in [0, 0.1) is 5.92 Å². The van der Waals surface area contributed by atoms with Crippen LogP contribution in [0.3, 0.4) is 0 Å². The topological polar surface area (TPSA) is 20.3 Å². The molecule has 0 spiro atoms. The largest absolute Gasteiger partial charge is 0.299 e. The van der Waals surface area contributed by atoms with E-state index < -0.39 is 0 Å². The smallest absolute Gasteiger partial charge is 0.143 e. The molecular weight excluding hydrogens is 138 g/mol. The fraction of sp³-hybridized carbons (Fsp3) is 0.889. The molecule has 0 rings (SSSR count). The van der Waals surface area contributed by atoms with E-state index in [2.05, 4.69) is 25.7 Å². The van der Waals surface area contributed by atoms with Gasteiger partial charge in [0.1, 0.15) is 5.78 Å². The van der Waals surface area contributed by atoms with Crippen molar-refractivity contribution in [3.8, 4) is 0 Å². The number of hydrogen-bond donors (Lipinski definition) is 0. The number of Topliss-reactive ketones (excluding diaryl/α,β-unsaturated/α-hetero) is 1. The van der Waals surface area contributed by atoms with E-state index in [4.69, 9.17) is 0 Å². The van der Waals surface area contributed by atoms with Gasteiger partial charge in [0.15, 0.2) is 0 Å². The van der Waals surface area contributed by atoms with E-state index in [9.17, 15) is 4.79 Å². The van der Waals surface area contributed by atoms with Gasteiger partial charge in [-0.2, -0.15) is 0 Å². The summed E-state index contributed by atoms with van der Waals surface area (Å²) < 4.78 is 0. The van der Waals surface area contributed by atoms with Gasteiger partial charge in [-0.1, -0.05) is 13.8 Å². The summed E-state index contributed by atoms with van der Waals surface area (Å²) in [4.78, 5) is 12.8. The summed E-state index contributed by atoms with van der Waals surface area (Å²) in [5.74, 6) is 0.847. The lowest BCUT2D eigenvalue weighted by Crippen LogP contribution is -2.36. The van der Waals surface area contributed by atoms with Crippen LogP contribution in [0.4, 0.5) is 0 Å². The molecule has 0 aliphatic heterocycles. The average Bonchev–Trinajstić information content (AvgIpc) is 1.84. The van der Waals surface area contributed by atoms with Crippen LogP contribution in [0.15, 0.2) is 0 Å². The van der Waals surface area contributed by atoms with Crippen molar-refractivity contribution in [3.63, 3.8) is 0 Å². The van der Waals surface area contributed by atoms with Gasteiger partial charge in [0, 0.05) is 6.04 Å². The van der Waals surface area contributed by atoms with E-state index >= 15 is 0 Å². The minimum absolute atomic E-state index is 0.236. The zero-order valence-corrected chi connectivity index (χ0v) is 8.22. The Kier molecular flexibility index (Phi) is 4.34. The van der Waals surface area contributed by atoms with Crippen molar-refractivity contribution < 1.29 is 4.79 Å². The maximum absolute atomic E-state index is 10.7. The molecular formula is C9H19NO. The molecule has 0 fully saturated rings. The molecule has 11 heavy (non-hydrogen) atoms. The van der Waals surface area contributed by atoms with Gasteiger partial charge in [0.25, 0.3) is 0 Å². The number of carbonyl (C=O) groups excluding carboxylic acids is 1. The van der Waals surface area contributed by atoms with Crippen molar-refractivity contribution in [2.24, 2.45) is 5.92 Å². The molecule has 2 heteroatoms. The molecule has 0 radical (unpaired) electrons. The first-order valence-corrected chi connectivity index (χ1v) is 4.14. The molecule has 0 aromatic rings. The van der Waals surface area contributed by atoms with Gasteiger partial charge in [-0.05, 0) is 26.8 Å². The third kappa shape index (κ3) is 4.14. The van der Waals surface area contributed by atoms with Gasteiger partial charge in [-0.15, -0.1) is 0 Å². The normalized spacial score (nSPS) is 14.1. The Labute approximate surface area is 69.6 Å². The third-order valence-corrected chi connectivity index (χ3v) is 2.13. The number of carbonyl (C=O) groups is 1. The summed E-state index contributed by atoms with van der Waals surface area (Å²) in [5, 5.41) is 0. The van der Waals surface area contributed by atoms with Crippen LogP contribution in [-0.4, -0.2) is 30.3 Å². The molecule has 0 aromatic carbocycles. The predicted octanol–water partition coefficient (Wildman–Crippen LogP) is 1.55. The molecule has 2 nitrogen and oxygen atoms in total. The second-order valence-electron chi connectivity index (χ2n) is 3.60. The lowest BCUT2D eigenvalue weighted by molar-refractivity contribution is -0.118. The molecule has 0 saturated heterocycles. The highest BCUT2D eigenvalue weighted by atomic mass is 16.1. The average molecular weight is 157 g/mol. The van der Waals surface area contributed by atoms with Crippen molar-refractivity contribution in [1.29, 1.82) is 0 Å². The lowest BCUT2D eigenvalue weighted by Gasteiger charge is -2.26. The number of nitrogens with zero attached hydrogens (tertiary/aromatic N) is 1. The summed E-state index contributed by atoms with van der Waals surface area (Å²) in [6.07, 6.45) is 0. The SMILES string of the molecule is CC(=O)CN(C)C(C)C(C)C. The van der Waals surface area contributed by atoms with Gasteiger partial charge in [0.05, 0.1) is 6.54 Å².